The van der Waals surface area contributed by atoms with E-state index in [0.29, 0.717) is 17.3 Å². The summed E-state index contributed by atoms with van der Waals surface area (Å²) < 4.78 is 5.58. The Balaban J connectivity index is 1.45. The highest BCUT2D eigenvalue weighted by Gasteiger charge is 2.32. The van der Waals surface area contributed by atoms with E-state index in [-0.39, 0.29) is 24.9 Å². The number of anilines is 1. The summed E-state index contributed by atoms with van der Waals surface area (Å²) in [5, 5.41) is 2.81. The molecule has 1 aromatic heterocycles. The number of benzene rings is 2. The lowest BCUT2D eigenvalue weighted by molar-refractivity contribution is -0.128. The Kier molecular flexibility index (Phi) is 4.04. The molecule has 2 amide bonds. The molecular formula is C19H18N4O3. The fraction of sp³-hybridized carbons (Fsp3) is 0.211. The van der Waals surface area contributed by atoms with E-state index in [1.165, 1.54) is 4.90 Å². The third-order valence-electron chi connectivity index (χ3n) is 4.27. The zero-order chi connectivity index (χ0) is 18.1. The summed E-state index contributed by atoms with van der Waals surface area (Å²) in [6, 6.07) is 14.9. The Morgan fingerprint density at radius 3 is 2.85 bits per heavy atom. The van der Waals surface area contributed by atoms with Gasteiger partial charge < -0.3 is 15.0 Å². The first-order chi connectivity index (χ1) is 12.6. The molecule has 132 valence electrons. The zero-order valence-corrected chi connectivity index (χ0v) is 14.2. The maximum Gasteiger partial charge on any atom is 0.268 e. The Hall–Kier alpha value is -3.35. The molecule has 1 aliphatic rings. The number of aromatic nitrogens is 2. The molecule has 3 aromatic rings. The fourth-order valence-corrected chi connectivity index (χ4v) is 2.99. The third kappa shape index (κ3) is 2.99. The zero-order valence-electron chi connectivity index (χ0n) is 14.2. The van der Waals surface area contributed by atoms with Gasteiger partial charge in [-0.3, -0.25) is 14.5 Å². The number of H-pyrrole nitrogens is 1. The fourth-order valence-electron chi connectivity index (χ4n) is 2.99. The topological polar surface area (TPSA) is 87.3 Å². The van der Waals surface area contributed by atoms with E-state index >= 15 is 0 Å². The molecule has 7 nitrogen and oxygen atoms in total. The van der Waals surface area contributed by atoms with Crippen LogP contribution < -0.4 is 15.0 Å². The summed E-state index contributed by atoms with van der Waals surface area (Å²) in [6.07, 6.45) is -0.618. The summed E-state index contributed by atoms with van der Waals surface area (Å²) in [7, 11) is 0. The molecule has 2 aromatic carbocycles. The summed E-state index contributed by atoms with van der Waals surface area (Å²) in [6.45, 7) is 1.88. The number of amides is 2. The standard InChI is InChI=1S/C19H18N4O3/c1-12-19(25)23(15-8-4-5-9-16(15)26-12)11-18(24)20-10-17-21-13-6-2-3-7-14(13)22-17/h2-9,12H,10-11H2,1H3,(H,20,24)(H,21,22). The van der Waals surface area contributed by atoms with Gasteiger partial charge >= 0.3 is 0 Å². The highest BCUT2D eigenvalue weighted by molar-refractivity contribution is 6.03. The number of carbonyl (C=O) groups excluding carboxylic acids is 2. The minimum Gasteiger partial charge on any atom is -0.479 e. The minimum atomic E-state index is -0.618. The number of nitrogens with one attached hydrogen (secondary N) is 2. The predicted octanol–water partition coefficient (Wildman–Crippen LogP) is 1.99. The van der Waals surface area contributed by atoms with Gasteiger partial charge in [-0.1, -0.05) is 24.3 Å². The number of carbonyl (C=O) groups is 2. The smallest absolute Gasteiger partial charge is 0.268 e. The van der Waals surface area contributed by atoms with Crippen LogP contribution in [0.3, 0.4) is 0 Å². The summed E-state index contributed by atoms with van der Waals surface area (Å²) in [5.41, 5.74) is 2.38. The number of aromatic amines is 1. The Morgan fingerprint density at radius 2 is 2.00 bits per heavy atom. The van der Waals surface area contributed by atoms with E-state index < -0.39 is 6.10 Å². The van der Waals surface area contributed by atoms with Crippen molar-refractivity contribution in [3.05, 3.63) is 54.4 Å². The van der Waals surface area contributed by atoms with Crippen molar-refractivity contribution in [3.63, 3.8) is 0 Å². The van der Waals surface area contributed by atoms with Crippen LogP contribution in [0.1, 0.15) is 12.7 Å². The average molecular weight is 350 g/mol. The van der Waals surface area contributed by atoms with Gasteiger partial charge in [-0.15, -0.1) is 0 Å². The van der Waals surface area contributed by atoms with Crippen LogP contribution in [0, 0.1) is 0 Å². The molecule has 0 fully saturated rings. The van der Waals surface area contributed by atoms with Crippen molar-refractivity contribution in [2.24, 2.45) is 0 Å². The third-order valence-corrected chi connectivity index (χ3v) is 4.27. The number of rotatable bonds is 4. The molecule has 1 aliphatic heterocycles. The SMILES string of the molecule is CC1Oc2ccccc2N(CC(=O)NCc2nc3ccccc3[nH]2)C1=O. The first kappa shape index (κ1) is 16.1. The molecule has 1 atom stereocenters. The van der Waals surface area contributed by atoms with Crippen LogP contribution in [0.15, 0.2) is 48.5 Å². The molecular weight excluding hydrogens is 332 g/mol. The van der Waals surface area contributed by atoms with E-state index in [2.05, 4.69) is 15.3 Å². The number of para-hydroxylation sites is 4. The van der Waals surface area contributed by atoms with Crippen LogP contribution in [-0.4, -0.2) is 34.4 Å². The molecule has 0 bridgehead atoms. The molecule has 2 N–H and O–H groups in total. The maximum absolute atomic E-state index is 12.4. The molecule has 0 spiro atoms. The Morgan fingerprint density at radius 1 is 1.23 bits per heavy atom. The van der Waals surface area contributed by atoms with Crippen molar-refractivity contribution in [3.8, 4) is 5.75 Å². The van der Waals surface area contributed by atoms with E-state index in [4.69, 9.17) is 4.74 Å². The van der Waals surface area contributed by atoms with E-state index in [9.17, 15) is 9.59 Å². The van der Waals surface area contributed by atoms with Gasteiger partial charge in [0.1, 0.15) is 18.1 Å². The van der Waals surface area contributed by atoms with E-state index in [1.54, 1.807) is 19.1 Å². The second kappa shape index (κ2) is 6.51. The average Bonchev–Trinajstić information content (AvgIpc) is 3.07. The second-order valence-corrected chi connectivity index (χ2v) is 6.13. The number of ether oxygens (including phenoxy) is 1. The molecule has 2 heterocycles. The summed E-state index contributed by atoms with van der Waals surface area (Å²) in [5.74, 6) is 0.775. The van der Waals surface area contributed by atoms with Gasteiger partial charge in [-0.05, 0) is 31.2 Å². The number of hydrogen-bond acceptors (Lipinski definition) is 4. The van der Waals surface area contributed by atoms with Gasteiger partial charge in [0.2, 0.25) is 5.91 Å². The van der Waals surface area contributed by atoms with Gasteiger partial charge in [0.25, 0.3) is 5.91 Å². The minimum absolute atomic E-state index is 0.0657. The van der Waals surface area contributed by atoms with Crippen molar-refractivity contribution in [1.82, 2.24) is 15.3 Å². The normalized spacial score (nSPS) is 16.3. The van der Waals surface area contributed by atoms with Crippen molar-refractivity contribution >= 4 is 28.5 Å². The van der Waals surface area contributed by atoms with Crippen LogP contribution in [0.4, 0.5) is 5.69 Å². The largest absolute Gasteiger partial charge is 0.479 e. The quantitative estimate of drug-likeness (QED) is 0.753. The van der Waals surface area contributed by atoms with Crippen LogP contribution in [0.2, 0.25) is 0 Å². The highest BCUT2D eigenvalue weighted by Crippen LogP contribution is 2.33. The number of imidazole rings is 1. The number of hydrogen-bond donors (Lipinski definition) is 2. The summed E-state index contributed by atoms with van der Waals surface area (Å²) in [4.78, 5) is 33.8. The molecule has 0 saturated heterocycles. The first-order valence-corrected chi connectivity index (χ1v) is 8.39. The van der Waals surface area contributed by atoms with E-state index in [1.807, 2.05) is 36.4 Å². The van der Waals surface area contributed by atoms with Crippen LogP contribution in [-0.2, 0) is 16.1 Å². The molecule has 1 unspecified atom stereocenters. The lowest BCUT2D eigenvalue weighted by Crippen LogP contribution is -2.48. The summed E-state index contributed by atoms with van der Waals surface area (Å²) >= 11 is 0. The van der Waals surface area contributed by atoms with Gasteiger partial charge in [0.05, 0.1) is 23.3 Å². The Labute approximate surface area is 150 Å². The Bertz CT molecular complexity index is 949. The maximum atomic E-state index is 12.4. The lowest BCUT2D eigenvalue weighted by Gasteiger charge is -2.32. The van der Waals surface area contributed by atoms with E-state index in [0.717, 1.165) is 11.0 Å². The molecule has 7 heteroatoms. The molecule has 4 rings (SSSR count). The molecule has 26 heavy (non-hydrogen) atoms. The number of fused-ring (bicyclic) bond motifs is 2. The predicted molar refractivity (Wildman–Crippen MR) is 96.8 cm³/mol. The van der Waals surface area contributed by atoms with Gasteiger partial charge in [-0.2, -0.15) is 0 Å². The molecule has 0 saturated carbocycles. The van der Waals surface area contributed by atoms with Crippen LogP contribution in [0.25, 0.3) is 11.0 Å². The van der Waals surface area contributed by atoms with Crippen LogP contribution >= 0.6 is 0 Å². The second-order valence-electron chi connectivity index (χ2n) is 6.13. The monoisotopic (exact) mass is 350 g/mol. The van der Waals surface area contributed by atoms with Gasteiger partial charge in [0.15, 0.2) is 6.10 Å². The molecule has 0 aliphatic carbocycles. The van der Waals surface area contributed by atoms with Crippen molar-refractivity contribution < 1.29 is 14.3 Å². The first-order valence-electron chi connectivity index (χ1n) is 8.39. The van der Waals surface area contributed by atoms with Crippen LogP contribution in [0.5, 0.6) is 5.75 Å². The van der Waals surface area contributed by atoms with Gasteiger partial charge in [0, 0.05) is 0 Å². The van der Waals surface area contributed by atoms with Crippen molar-refractivity contribution in [2.75, 3.05) is 11.4 Å². The number of nitrogens with zero attached hydrogens (tertiary/aromatic N) is 2. The van der Waals surface area contributed by atoms with Gasteiger partial charge in [-0.25, -0.2) is 4.98 Å². The molecule has 0 radical (unpaired) electrons. The van der Waals surface area contributed by atoms with Crippen molar-refractivity contribution in [2.45, 2.75) is 19.6 Å². The lowest BCUT2D eigenvalue weighted by atomic mass is 10.2. The van der Waals surface area contributed by atoms with Crippen molar-refractivity contribution in [1.29, 1.82) is 0 Å². The highest BCUT2D eigenvalue weighted by atomic mass is 16.5.